The van der Waals surface area contributed by atoms with E-state index in [0.29, 0.717) is 23.6 Å². The molecule has 0 saturated carbocycles. The van der Waals surface area contributed by atoms with Crippen LogP contribution in [0, 0.1) is 5.82 Å². The first kappa shape index (κ1) is 28.5. The van der Waals surface area contributed by atoms with Gasteiger partial charge in [0.05, 0.1) is 10.9 Å². The first-order valence-corrected chi connectivity index (χ1v) is 16.5. The second-order valence-corrected chi connectivity index (χ2v) is 16.3. The van der Waals surface area contributed by atoms with Crippen LogP contribution < -0.4 is 4.74 Å². The molecule has 0 N–H and O–H groups in total. The van der Waals surface area contributed by atoms with E-state index in [1.165, 1.54) is 36.2 Å². The first-order chi connectivity index (χ1) is 16.9. The zero-order chi connectivity index (χ0) is 26.5. The fourth-order valence-electron chi connectivity index (χ4n) is 3.36. The van der Waals surface area contributed by atoms with E-state index in [2.05, 4.69) is 24.6 Å². The summed E-state index contributed by atoms with van der Waals surface area (Å²) < 4.78 is 64.1. The van der Waals surface area contributed by atoms with Crippen molar-refractivity contribution in [2.45, 2.75) is 49.5 Å². The number of nitrogens with zero attached hydrogens (tertiary/aromatic N) is 3. The lowest BCUT2D eigenvalue weighted by atomic mass is 9.91. The van der Waals surface area contributed by atoms with Gasteiger partial charge in [-0.15, -0.1) is 11.8 Å². The summed E-state index contributed by atoms with van der Waals surface area (Å²) in [6.07, 6.45) is 0.737. The van der Waals surface area contributed by atoms with Gasteiger partial charge in [0, 0.05) is 33.1 Å². The molecular weight excluding hydrogens is 534 g/mol. The molecule has 0 bridgehead atoms. The summed E-state index contributed by atoms with van der Waals surface area (Å²) in [5.41, 5.74) is 1.27. The van der Waals surface area contributed by atoms with Crippen LogP contribution in [0.25, 0.3) is 0 Å². The van der Waals surface area contributed by atoms with Crippen molar-refractivity contribution in [3.05, 3.63) is 70.5 Å². The Bertz CT molecular complexity index is 1150. The normalized spacial score (nSPS) is 13.1. The molecule has 3 rings (SSSR count). The van der Waals surface area contributed by atoms with Crippen LogP contribution in [0.4, 0.5) is 17.6 Å². The molecule has 3 aromatic rings. The van der Waals surface area contributed by atoms with Crippen LogP contribution in [-0.4, -0.2) is 48.3 Å². The highest BCUT2D eigenvalue weighted by molar-refractivity contribution is 7.98. The average Bonchev–Trinajstić information content (AvgIpc) is 3.20. The van der Waals surface area contributed by atoms with Crippen LogP contribution in [0.15, 0.2) is 47.8 Å². The summed E-state index contributed by atoms with van der Waals surface area (Å²) in [5.74, 6) is -0.639. The van der Waals surface area contributed by atoms with E-state index >= 15 is 0 Å². The molecule has 2 heterocycles. The lowest BCUT2D eigenvalue weighted by Crippen LogP contribution is -2.22. The molecule has 1 unspecified atom stereocenters. The fourth-order valence-corrected chi connectivity index (χ4v) is 4.73. The maximum absolute atomic E-state index is 13.9. The predicted molar refractivity (Wildman–Crippen MR) is 136 cm³/mol. The molecule has 36 heavy (non-hydrogen) atoms. The van der Waals surface area contributed by atoms with E-state index in [-0.39, 0.29) is 17.6 Å². The Morgan fingerprint density at radius 3 is 2.44 bits per heavy atom. The molecule has 0 fully saturated rings. The maximum Gasteiger partial charge on any atom is 0.422 e. The fraction of sp³-hybridized carbons (Fsp3) is 0.417. The molecule has 0 saturated heterocycles. The Hall–Kier alpha value is -2.08. The molecule has 12 heteroatoms. The summed E-state index contributed by atoms with van der Waals surface area (Å²) in [7, 11) is -1.27. The van der Waals surface area contributed by atoms with E-state index in [1.54, 1.807) is 12.1 Å². The Labute approximate surface area is 218 Å². The van der Waals surface area contributed by atoms with E-state index in [0.717, 1.165) is 11.1 Å². The number of hydrogen-bond acceptors (Lipinski definition) is 5. The third-order valence-corrected chi connectivity index (χ3v) is 7.84. The van der Waals surface area contributed by atoms with Gasteiger partial charge in [0.2, 0.25) is 5.88 Å². The Morgan fingerprint density at radius 2 is 1.86 bits per heavy atom. The van der Waals surface area contributed by atoms with E-state index in [1.807, 2.05) is 17.0 Å². The van der Waals surface area contributed by atoms with Gasteiger partial charge in [-0.2, -0.15) is 13.2 Å². The second-order valence-electron chi connectivity index (χ2n) is 9.40. The van der Waals surface area contributed by atoms with Gasteiger partial charge in [-0.3, -0.25) is 0 Å². The van der Waals surface area contributed by atoms with E-state index in [9.17, 15) is 17.6 Å². The number of pyridine rings is 1. The van der Waals surface area contributed by atoms with Crippen LogP contribution in [0.3, 0.4) is 0 Å². The van der Waals surface area contributed by atoms with Crippen LogP contribution in [-0.2, 0) is 11.5 Å². The van der Waals surface area contributed by atoms with Crippen molar-refractivity contribution in [2.75, 3.05) is 19.5 Å². The van der Waals surface area contributed by atoms with Crippen molar-refractivity contribution in [1.82, 2.24) is 14.5 Å². The summed E-state index contributed by atoms with van der Waals surface area (Å²) in [5, 5.41) is 0.709. The van der Waals surface area contributed by atoms with E-state index in [4.69, 9.17) is 26.1 Å². The third kappa shape index (κ3) is 8.22. The zero-order valence-corrected chi connectivity index (χ0v) is 23.0. The first-order valence-electron chi connectivity index (χ1n) is 11.2. The van der Waals surface area contributed by atoms with Gasteiger partial charge < -0.3 is 14.0 Å². The molecule has 0 aliphatic carbocycles. The topological polar surface area (TPSA) is 49.2 Å². The highest BCUT2D eigenvalue weighted by Gasteiger charge is 2.29. The van der Waals surface area contributed by atoms with Gasteiger partial charge in [-0.1, -0.05) is 43.4 Å². The Balaban J connectivity index is 1.97. The van der Waals surface area contributed by atoms with Crippen molar-refractivity contribution in [1.29, 1.82) is 0 Å². The minimum absolute atomic E-state index is 0.0508. The number of thioether (sulfide) groups is 1. The van der Waals surface area contributed by atoms with Crippen molar-refractivity contribution < 1.29 is 27.0 Å². The van der Waals surface area contributed by atoms with Crippen molar-refractivity contribution in [2.24, 2.45) is 0 Å². The van der Waals surface area contributed by atoms with Crippen molar-refractivity contribution in [3.8, 4) is 5.88 Å². The number of ether oxygens (including phenoxy) is 2. The molecule has 1 aromatic carbocycles. The van der Waals surface area contributed by atoms with Crippen LogP contribution >= 0.6 is 23.4 Å². The number of alkyl halides is 3. The Morgan fingerprint density at radius 1 is 1.14 bits per heavy atom. The minimum Gasteiger partial charge on any atom is -0.468 e. The largest absolute Gasteiger partial charge is 0.468 e. The van der Waals surface area contributed by atoms with E-state index < -0.39 is 32.6 Å². The molecule has 0 spiro atoms. The summed E-state index contributed by atoms with van der Waals surface area (Å²) >= 11 is 7.55. The SMILES string of the molecule is CSc1cn(COCC[Si](C)(C)C)c(C(c2ccc(OCC(F)(F)F)nc2)c2ccc(F)c(Cl)c2)n1. The minimum atomic E-state index is -4.47. The lowest BCUT2D eigenvalue weighted by molar-refractivity contribution is -0.154. The molecule has 0 radical (unpaired) electrons. The maximum atomic E-state index is 13.9. The highest BCUT2D eigenvalue weighted by atomic mass is 35.5. The monoisotopic (exact) mass is 561 g/mol. The standard InChI is InChI=1S/C24H28ClF4N3O2SSi/c1-35-21-13-32(15-33-9-10-36(2,3)4)23(31-21)22(16-5-7-19(26)18(25)11-16)17-6-8-20(30-12-17)34-14-24(27,28)29/h5-8,11-13,22H,9-10,14-15H2,1-4H3. The molecule has 2 aromatic heterocycles. The van der Waals surface area contributed by atoms with Gasteiger partial charge in [0.1, 0.15) is 23.4 Å². The van der Waals surface area contributed by atoms with Gasteiger partial charge >= 0.3 is 6.18 Å². The van der Waals surface area contributed by atoms with Gasteiger partial charge in [-0.25, -0.2) is 14.4 Å². The molecule has 0 aliphatic rings. The second kappa shape index (κ2) is 12.0. The zero-order valence-electron chi connectivity index (χ0n) is 20.4. The summed E-state index contributed by atoms with van der Waals surface area (Å²) in [6, 6.07) is 8.37. The van der Waals surface area contributed by atoms with Crippen LogP contribution in [0.1, 0.15) is 22.9 Å². The lowest BCUT2D eigenvalue weighted by Gasteiger charge is -2.21. The number of rotatable bonds is 11. The molecule has 0 amide bonds. The summed E-state index contributed by atoms with van der Waals surface area (Å²) in [6.45, 7) is 6.25. The van der Waals surface area contributed by atoms with Crippen LogP contribution in [0.5, 0.6) is 5.88 Å². The highest BCUT2D eigenvalue weighted by Crippen LogP contribution is 2.35. The predicted octanol–water partition coefficient (Wildman–Crippen LogP) is 7.23. The molecule has 1 atom stereocenters. The number of hydrogen-bond donors (Lipinski definition) is 0. The van der Waals surface area contributed by atoms with Gasteiger partial charge in [0.25, 0.3) is 0 Å². The summed E-state index contributed by atoms with van der Waals surface area (Å²) in [4.78, 5) is 8.82. The molecular formula is C24H28ClF4N3O2SSi. The molecule has 5 nitrogen and oxygen atoms in total. The quantitative estimate of drug-likeness (QED) is 0.107. The van der Waals surface area contributed by atoms with Gasteiger partial charge in [-0.05, 0) is 35.6 Å². The third-order valence-electron chi connectivity index (χ3n) is 5.23. The molecule has 0 aliphatic heterocycles. The number of benzene rings is 1. The smallest absolute Gasteiger partial charge is 0.422 e. The Kier molecular flexibility index (Phi) is 9.48. The molecule has 196 valence electrons. The van der Waals surface area contributed by atoms with Gasteiger partial charge in [0.15, 0.2) is 6.61 Å². The number of aromatic nitrogens is 3. The van der Waals surface area contributed by atoms with Crippen molar-refractivity contribution >= 4 is 31.4 Å². The van der Waals surface area contributed by atoms with Crippen molar-refractivity contribution in [3.63, 3.8) is 0 Å². The van der Waals surface area contributed by atoms with Crippen LogP contribution in [0.2, 0.25) is 30.7 Å². The number of imidazole rings is 1. The number of halogens is 5. The average molecular weight is 562 g/mol.